The van der Waals surface area contributed by atoms with Crippen molar-refractivity contribution in [2.45, 2.75) is 40.5 Å². The van der Waals surface area contributed by atoms with E-state index in [0.717, 1.165) is 22.8 Å². The van der Waals surface area contributed by atoms with Crippen molar-refractivity contribution in [2.75, 3.05) is 0 Å². The standard InChI is InChI=1S/C28H28NO/c1-16(2)20-7-9-21(10-8-20)23-11-12-29(6)27-25-19(5)18(4)15-22-13-17(3)14-24(26(22)25)30-28(23)27/h7-16H,1-6H3/q+1. The molecule has 2 nitrogen and oxygen atoms in total. The molecule has 2 heteroatoms. The van der Waals surface area contributed by atoms with Gasteiger partial charge in [-0.15, -0.1) is 0 Å². The van der Waals surface area contributed by atoms with Gasteiger partial charge in [0.2, 0.25) is 5.75 Å². The number of nitrogens with zero attached hydrogens (tertiary/aromatic N) is 1. The Morgan fingerprint density at radius 1 is 0.900 bits per heavy atom. The van der Waals surface area contributed by atoms with Crippen LogP contribution in [0.3, 0.4) is 0 Å². The number of benzene rings is 3. The first kappa shape index (κ1) is 18.9. The molecular formula is C28H28NO+. The number of aryl methyl sites for hydroxylation is 3. The summed E-state index contributed by atoms with van der Waals surface area (Å²) in [5.74, 6) is 2.43. The van der Waals surface area contributed by atoms with Crippen LogP contribution in [-0.4, -0.2) is 0 Å². The predicted molar refractivity (Wildman–Crippen MR) is 124 cm³/mol. The van der Waals surface area contributed by atoms with Gasteiger partial charge in [0.1, 0.15) is 12.8 Å². The molecule has 0 bridgehead atoms. The number of hydrogen-bond donors (Lipinski definition) is 0. The van der Waals surface area contributed by atoms with Gasteiger partial charge < -0.3 is 4.74 Å². The predicted octanol–water partition coefficient (Wildman–Crippen LogP) is 7.15. The molecule has 0 radical (unpaired) electrons. The molecule has 0 saturated heterocycles. The minimum absolute atomic E-state index is 0.524. The topological polar surface area (TPSA) is 13.1 Å². The summed E-state index contributed by atoms with van der Waals surface area (Å²) in [5, 5.41) is 2.47. The Labute approximate surface area is 178 Å². The Bertz CT molecular complexity index is 1310. The molecule has 0 saturated carbocycles. The fraction of sp³-hybridized carbons (Fsp3) is 0.250. The van der Waals surface area contributed by atoms with E-state index in [4.69, 9.17) is 4.74 Å². The molecule has 150 valence electrons. The number of rotatable bonds is 2. The number of ether oxygens (including phenoxy) is 1. The van der Waals surface area contributed by atoms with E-state index in [1.165, 1.54) is 44.2 Å². The summed E-state index contributed by atoms with van der Waals surface area (Å²) in [5.41, 5.74) is 9.99. The molecule has 0 amide bonds. The van der Waals surface area contributed by atoms with Gasteiger partial charge in [-0.25, -0.2) is 0 Å². The molecule has 1 aliphatic heterocycles. The molecule has 0 N–H and O–H groups in total. The molecule has 0 unspecified atom stereocenters. The van der Waals surface area contributed by atoms with E-state index in [-0.39, 0.29) is 0 Å². The maximum absolute atomic E-state index is 6.65. The van der Waals surface area contributed by atoms with Crippen molar-refractivity contribution >= 4 is 10.8 Å². The van der Waals surface area contributed by atoms with E-state index < -0.39 is 0 Å². The lowest BCUT2D eigenvalue weighted by molar-refractivity contribution is -0.660. The Morgan fingerprint density at radius 2 is 1.63 bits per heavy atom. The van der Waals surface area contributed by atoms with E-state index in [1.807, 2.05) is 0 Å². The van der Waals surface area contributed by atoms with Gasteiger partial charge in [-0.3, -0.25) is 0 Å². The van der Waals surface area contributed by atoms with Crippen molar-refractivity contribution in [1.29, 1.82) is 0 Å². The third-order valence-electron chi connectivity index (χ3n) is 6.48. The third kappa shape index (κ3) is 2.74. The van der Waals surface area contributed by atoms with E-state index in [0.29, 0.717) is 5.92 Å². The van der Waals surface area contributed by atoms with Crippen LogP contribution < -0.4 is 9.30 Å². The molecule has 30 heavy (non-hydrogen) atoms. The molecule has 0 aliphatic carbocycles. The minimum Gasteiger partial charge on any atom is -0.449 e. The first-order valence-electron chi connectivity index (χ1n) is 10.7. The highest BCUT2D eigenvalue weighted by Gasteiger charge is 2.32. The summed E-state index contributed by atoms with van der Waals surface area (Å²) in [4.78, 5) is 0. The fourth-order valence-corrected chi connectivity index (χ4v) is 4.67. The van der Waals surface area contributed by atoms with E-state index in [1.54, 1.807) is 0 Å². The summed E-state index contributed by atoms with van der Waals surface area (Å²) < 4.78 is 8.85. The molecule has 3 aromatic carbocycles. The van der Waals surface area contributed by atoms with Crippen molar-refractivity contribution in [2.24, 2.45) is 7.05 Å². The summed E-state index contributed by atoms with van der Waals surface area (Å²) in [6.45, 7) is 11.0. The zero-order valence-electron chi connectivity index (χ0n) is 18.6. The Morgan fingerprint density at radius 3 is 2.33 bits per heavy atom. The van der Waals surface area contributed by atoms with Crippen LogP contribution >= 0.6 is 0 Å². The van der Waals surface area contributed by atoms with Crippen molar-refractivity contribution in [3.63, 3.8) is 0 Å². The van der Waals surface area contributed by atoms with Crippen LogP contribution in [0.5, 0.6) is 11.5 Å². The Balaban J connectivity index is 1.83. The second-order valence-electron chi connectivity index (χ2n) is 8.95. The zero-order valence-corrected chi connectivity index (χ0v) is 18.6. The summed E-state index contributed by atoms with van der Waals surface area (Å²) in [6.07, 6.45) is 2.15. The van der Waals surface area contributed by atoms with Gasteiger partial charge in [-0.1, -0.05) is 50.2 Å². The van der Waals surface area contributed by atoms with Gasteiger partial charge in [0.05, 0.1) is 5.56 Å². The van der Waals surface area contributed by atoms with Crippen molar-refractivity contribution in [1.82, 2.24) is 0 Å². The number of hydrogen-bond acceptors (Lipinski definition) is 1. The first-order chi connectivity index (χ1) is 14.3. The van der Waals surface area contributed by atoms with Gasteiger partial charge >= 0.3 is 0 Å². The maximum Gasteiger partial charge on any atom is 0.257 e. The average Bonchev–Trinajstić information content (AvgIpc) is 2.71. The molecule has 0 fully saturated rings. The number of fused-ring (bicyclic) bond motifs is 2. The summed E-state index contributed by atoms with van der Waals surface area (Å²) in [6, 6.07) is 17.8. The molecule has 2 heterocycles. The highest BCUT2D eigenvalue weighted by Crippen LogP contribution is 2.50. The SMILES string of the molecule is Cc1cc2c3c(c(C)c(C)cc3c1)-c1c(c(-c3ccc(C(C)C)cc3)cc[n+]1C)O2. The lowest BCUT2D eigenvalue weighted by Crippen LogP contribution is -2.32. The zero-order chi connectivity index (χ0) is 21.2. The third-order valence-corrected chi connectivity index (χ3v) is 6.48. The van der Waals surface area contributed by atoms with Gasteiger partial charge in [-0.2, -0.15) is 4.57 Å². The first-order valence-corrected chi connectivity index (χ1v) is 10.7. The second kappa shape index (κ2) is 6.70. The van der Waals surface area contributed by atoms with Gasteiger partial charge in [-0.05, 0) is 66.0 Å². The van der Waals surface area contributed by atoms with Crippen LogP contribution in [0.15, 0.2) is 54.7 Å². The van der Waals surface area contributed by atoms with Crippen molar-refractivity contribution in [3.8, 4) is 33.9 Å². The lowest BCUT2D eigenvalue weighted by atomic mass is 9.88. The Hall–Kier alpha value is -3.13. The smallest absolute Gasteiger partial charge is 0.257 e. The van der Waals surface area contributed by atoms with Crippen molar-refractivity contribution in [3.05, 3.63) is 77.0 Å². The molecular weight excluding hydrogens is 366 g/mol. The largest absolute Gasteiger partial charge is 0.449 e. The quantitative estimate of drug-likeness (QED) is 0.290. The molecule has 5 rings (SSSR count). The number of pyridine rings is 1. The monoisotopic (exact) mass is 394 g/mol. The van der Waals surface area contributed by atoms with Gasteiger partial charge in [0, 0.05) is 17.0 Å². The summed E-state index contributed by atoms with van der Waals surface area (Å²) in [7, 11) is 2.11. The van der Waals surface area contributed by atoms with Crippen LogP contribution in [0.2, 0.25) is 0 Å². The van der Waals surface area contributed by atoms with Gasteiger partial charge in [0.15, 0.2) is 6.20 Å². The maximum atomic E-state index is 6.65. The molecule has 4 aromatic rings. The Kier molecular flexibility index (Phi) is 4.21. The average molecular weight is 395 g/mol. The lowest BCUT2D eigenvalue weighted by Gasteiger charge is -2.24. The normalized spacial score (nSPS) is 12.2. The highest BCUT2D eigenvalue weighted by molar-refractivity contribution is 6.06. The van der Waals surface area contributed by atoms with E-state index in [2.05, 4.69) is 101 Å². The molecule has 1 aliphatic rings. The summed E-state index contributed by atoms with van der Waals surface area (Å²) >= 11 is 0. The van der Waals surface area contributed by atoms with Crippen LogP contribution in [0, 0.1) is 20.8 Å². The highest BCUT2D eigenvalue weighted by atomic mass is 16.5. The minimum atomic E-state index is 0.524. The molecule has 0 atom stereocenters. The van der Waals surface area contributed by atoms with Crippen LogP contribution in [0.1, 0.15) is 42.0 Å². The van der Waals surface area contributed by atoms with Gasteiger partial charge in [0.25, 0.3) is 5.69 Å². The molecule has 1 aromatic heterocycles. The van der Waals surface area contributed by atoms with Crippen molar-refractivity contribution < 1.29 is 9.30 Å². The van der Waals surface area contributed by atoms with Crippen LogP contribution in [0.25, 0.3) is 33.2 Å². The van der Waals surface area contributed by atoms with Crippen LogP contribution in [-0.2, 0) is 7.05 Å². The van der Waals surface area contributed by atoms with E-state index >= 15 is 0 Å². The number of aromatic nitrogens is 1. The van der Waals surface area contributed by atoms with Crippen LogP contribution in [0.4, 0.5) is 0 Å². The molecule has 0 spiro atoms. The second-order valence-corrected chi connectivity index (χ2v) is 8.95. The van der Waals surface area contributed by atoms with E-state index in [9.17, 15) is 0 Å². The fourth-order valence-electron chi connectivity index (χ4n) is 4.67.